The van der Waals surface area contributed by atoms with Gasteiger partial charge >= 0.3 is 5.97 Å². The summed E-state index contributed by atoms with van der Waals surface area (Å²) in [5, 5.41) is 4.94. The fourth-order valence-corrected chi connectivity index (χ4v) is 3.94. The number of nitrogens with one attached hydrogen (secondary N) is 2. The van der Waals surface area contributed by atoms with Gasteiger partial charge in [0.25, 0.3) is 5.91 Å². The summed E-state index contributed by atoms with van der Waals surface area (Å²) in [7, 11) is 0. The Hall–Kier alpha value is -2.06. The Bertz CT molecular complexity index is 690. The molecule has 2 aliphatic rings. The maximum atomic E-state index is 12.1. The highest BCUT2D eigenvalue weighted by Crippen LogP contribution is 2.36. The maximum absolute atomic E-state index is 12.1. The van der Waals surface area contributed by atoms with Crippen LogP contribution in [0.25, 0.3) is 0 Å². The van der Waals surface area contributed by atoms with E-state index in [1.807, 2.05) is 24.3 Å². The second-order valence-electron chi connectivity index (χ2n) is 6.31. The molecule has 1 saturated heterocycles. The molecule has 1 aromatic carbocycles. The highest BCUT2D eigenvalue weighted by molar-refractivity contribution is 8.01. The van der Waals surface area contributed by atoms with Crippen molar-refractivity contribution >= 4 is 35.2 Å². The summed E-state index contributed by atoms with van der Waals surface area (Å²) in [5.41, 5.74) is 0.744. The van der Waals surface area contributed by atoms with Crippen molar-refractivity contribution in [3.05, 3.63) is 24.3 Å². The monoisotopic (exact) mass is 378 g/mol. The molecular formula is C18H22N2O5S. The summed E-state index contributed by atoms with van der Waals surface area (Å²) < 4.78 is 10.6. The van der Waals surface area contributed by atoms with E-state index >= 15 is 0 Å². The molecule has 0 aromatic heterocycles. The quantitative estimate of drug-likeness (QED) is 0.732. The molecule has 0 saturated carbocycles. The molecule has 3 atom stereocenters. The summed E-state index contributed by atoms with van der Waals surface area (Å²) in [4.78, 5) is 37.2. The Labute approximate surface area is 156 Å². The summed E-state index contributed by atoms with van der Waals surface area (Å²) in [6.07, 6.45) is 0.949. The van der Waals surface area contributed by atoms with Crippen LogP contribution < -0.4 is 10.6 Å². The van der Waals surface area contributed by atoms with Crippen molar-refractivity contribution < 1.29 is 23.9 Å². The minimum atomic E-state index is -0.909. The molecular weight excluding hydrogens is 356 g/mol. The minimum Gasteiger partial charge on any atom is -0.453 e. The first-order valence-corrected chi connectivity index (χ1v) is 9.56. The lowest BCUT2D eigenvalue weighted by molar-refractivity contribution is -0.155. The molecule has 0 bridgehead atoms. The molecule has 2 heterocycles. The highest BCUT2D eigenvalue weighted by atomic mass is 32.2. The zero-order valence-corrected chi connectivity index (χ0v) is 15.3. The van der Waals surface area contributed by atoms with Gasteiger partial charge in [-0.2, -0.15) is 0 Å². The van der Waals surface area contributed by atoms with Crippen molar-refractivity contribution in [2.45, 2.75) is 48.5 Å². The van der Waals surface area contributed by atoms with Gasteiger partial charge in [0.2, 0.25) is 5.91 Å². The number of hydrogen-bond acceptors (Lipinski definition) is 6. The number of esters is 1. The van der Waals surface area contributed by atoms with Crippen molar-refractivity contribution in [1.82, 2.24) is 5.32 Å². The van der Waals surface area contributed by atoms with E-state index in [-0.39, 0.29) is 24.3 Å². The molecule has 26 heavy (non-hydrogen) atoms. The van der Waals surface area contributed by atoms with Crippen molar-refractivity contribution in [1.29, 1.82) is 0 Å². The predicted octanol–water partition coefficient (Wildman–Crippen LogP) is 1.72. The van der Waals surface area contributed by atoms with Gasteiger partial charge in [-0.25, -0.2) is 0 Å². The van der Waals surface area contributed by atoms with E-state index < -0.39 is 17.3 Å². The lowest BCUT2D eigenvalue weighted by Gasteiger charge is -2.23. The third-order valence-corrected chi connectivity index (χ3v) is 5.54. The molecule has 3 rings (SSSR count). The zero-order chi connectivity index (χ0) is 18.5. The van der Waals surface area contributed by atoms with Gasteiger partial charge in [-0.3, -0.25) is 14.4 Å². The van der Waals surface area contributed by atoms with E-state index in [0.717, 1.165) is 30.0 Å². The van der Waals surface area contributed by atoms with Crippen LogP contribution in [0.15, 0.2) is 29.2 Å². The second kappa shape index (κ2) is 8.55. The minimum absolute atomic E-state index is 0.0317. The number of carbonyl (C=O) groups excluding carboxylic acids is 3. The molecule has 0 spiro atoms. The molecule has 1 aromatic rings. The van der Waals surface area contributed by atoms with Gasteiger partial charge in [0.15, 0.2) is 6.10 Å². The topological polar surface area (TPSA) is 93.7 Å². The van der Waals surface area contributed by atoms with Crippen molar-refractivity contribution in [2.75, 3.05) is 18.5 Å². The van der Waals surface area contributed by atoms with E-state index in [0.29, 0.717) is 6.54 Å². The highest BCUT2D eigenvalue weighted by Gasteiger charge is 2.30. The zero-order valence-electron chi connectivity index (χ0n) is 14.5. The average Bonchev–Trinajstić information content (AvgIpc) is 3.13. The number of fused-ring (bicyclic) bond motifs is 1. The molecule has 0 aliphatic carbocycles. The Morgan fingerprint density at radius 1 is 1.42 bits per heavy atom. The van der Waals surface area contributed by atoms with E-state index in [1.165, 1.54) is 18.7 Å². The number of carbonyl (C=O) groups is 3. The molecule has 0 unspecified atom stereocenters. The number of thioether (sulfide) groups is 1. The van der Waals surface area contributed by atoms with Crippen LogP contribution in [0.3, 0.4) is 0 Å². The fourth-order valence-electron chi connectivity index (χ4n) is 2.84. The normalized spacial score (nSPS) is 22.9. The third-order valence-electron chi connectivity index (χ3n) is 4.26. The van der Waals surface area contributed by atoms with E-state index in [2.05, 4.69) is 10.6 Å². The Balaban J connectivity index is 1.45. The van der Waals surface area contributed by atoms with Crippen LogP contribution in [-0.2, 0) is 23.9 Å². The summed E-state index contributed by atoms with van der Waals surface area (Å²) in [6, 6.07) is 7.42. The number of ether oxygens (including phenoxy) is 2. The smallest absolute Gasteiger partial charge is 0.308 e. The van der Waals surface area contributed by atoms with E-state index in [9.17, 15) is 14.4 Å². The first-order valence-electron chi connectivity index (χ1n) is 8.68. The van der Waals surface area contributed by atoms with Crippen LogP contribution in [0, 0.1) is 0 Å². The van der Waals surface area contributed by atoms with Crippen LogP contribution in [-0.4, -0.2) is 48.4 Å². The average molecular weight is 378 g/mol. The van der Waals surface area contributed by atoms with Gasteiger partial charge in [0, 0.05) is 18.0 Å². The number of benzene rings is 1. The molecule has 0 radical (unpaired) electrons. The second-order valence-corrected chi connectivity index (χ2v) is 7.55. The molecule has 2 amide bonds. The van der Waals surface area contributed by atoms with Gasteiger partial charge < -0.3 is 20.1 Å². The first kappa shape index (κ1) is 18.7. The van der Waals surface area contributed by atoms with Crippen LogP contribution in [0.5, 0.6) is 0 Å². The largest absolute Gasteiger partial charge is 0.453 e. The third kappa shape index (κ3) is 4.76. The number of hydrogen-bond donors (Lipinski definition) is 2. The number of rotatable bonds is 6. The SMILES string of the molecule is C[C@H](OC(=O)C[C@H]1Sc2ccccc2NC1=O)C(=O)NC[C@H]1CCCO1. The standard InChI is InChI=1S/C18H22N2O5S/c1-11(17(22)19-10-12-5-4-8-24-12)25-16(21)9-15-18(23)20-13-6-2-3-7-14(13)26-15/h2-3,6-7,11-12,15H,4-5,8-10H2,1H3,(H,19,22)(H,20,23)/t11-,12+,15+/m0/s1. The van der Waals surface area contributed by atoms with Gasteiger partial charge in [0.1, 0.15) is 0 Å². The summed E-state index contributed by atoms with van der Waals surface area (Å²) in [5.74, 6) is -1.17. The molecule has 8 heteroatoms. The van der Waals surface area contributed by atoms with E-state index in [1.54, 1.807) is 0 Å². The van der Waals surface area contributed by atoms with Crippen molar-refractivity contribution in [3.8, 4) is 0 Å². The Kier molecular flexibility index (Phi) is 6.16. The van der Waals surface area contributed by atoms with Crippen LogP contribution >= 0.6 is 11.8 Å². The summed E-state index contributed by atoms with van der Waals surface area (Å²) >= 11 is 1.33. The predicted molar refractivity (Wildman–Crippen MR) is 96.9 cm³/mol. The van der Waals surface area contributed by atoms with Crippen LogP contribution in [0.1, 0.15) is 26.2 Å². The molecule has 1 fully saturated rings. The van der Waals surface area contributed by atoms with Crippen LogP contribution in [0.2, 0.25) is 0 Å². The van der Waals surface area contributed by atoms with E-state index in [4.69, 9.17) is 9.47 Å². The lowest BCUT2D eigenvalue weighted by Crippen LogP contribution is -2.40. The molecule has 140 valence electrons. The maximum Gasteiger partial charge on any atom is 0.308 e. The van der Waals surface area contributed by atoms with Gasteiger partial charge in [-0.05, 0) is 31.9 Å². The Morgan fingerprint density at radius 2 is 2.23 bits per heavy atom. The van der Waals surface area contributed by atoms with Crippen LogP contribution in [0.4, 0.5) is 5.69 Å². The van der Waals surface area contributed by atoms with Gasteiger partial charge in [0.05, 0.1) is 23.5 Å². The molecule has 7 nitrogen and oxygen atoms in total. The number of anilines is 1. The van der Waals surface area contributed by atoms with Crippen molar-refractivity contribution in [3.63, 3.8) is 0 Å². The molecule has 2 aliphatic heterocycles. The van der Waals surface area contributed by atoms with Crippen molar-refractivity contribution in [2.24, 2.45) is 0 Å². The van der Waals surface area contributed by atoms with Gasteiger partial charge in [-0.15, -0.1) is 11.8 Å². The Morgan fingerprint density at radius 3 is 3.00 bits per heavy atom. The fraction of sp³-hybridized carbons (Fsp3) is 0.500. The summed E-state index contributed by atoms with van der Waals surface area (Å²) in [6.45, 7) is 2.65. The number of amides is 2. The number of para-hydroxylation sites is 1. The first-order chi connectivity index (χ1) is 12.5. The van der Waals surface area contributed by atoms with Gasteiger partial charge in [-0.1, -0.05) is 12.1 Å². The lowest BCUT2D eigenvalue weighted by atomic mass is 10.2. The molecule has 2 N–H and O–H groups in total.